The third-order valence-corrected chi connectivity index (χ3v) is 5.94. The number of benzene rings is 1. The molecule has 3 atom stereocenters. The van der Waals surface area contributed by atoms with Gasteiger partial charge in [-0.25, -0.2) is 0 Å². The van der Waals surface area contributed by atoms with Gasteiger partial charge in [-0.05, 0) is 49.9 Å². The predicted octanol–water partition coefficient (Wildman–Crippen LogP) is 2.28. The zero-order valence-corrected chi connectivity index (χ0v) is 16.6. The van der Waals surface area contributed by atoms with Crippen LogP contribution in [0.15, 0.2) is 42.5 Å². The van der Waals surface area contributed by atoms with Gasteiger partial charge in [-0.2, -0.15) is 5.26 Å². The molecule has 1 aromatic heterocycles. The lowest BCUT2D eigenvalue weighted by molar-refractivity contribution is -0.130. The van der Waals surface area contributed by atoms with Crippen molar-refractivity contribution < 1.29 is 9.59 Å². The van der Waals surface area contributed by atoms with Crippen molar-refractivity contribution in [3.8, 4) is 6.07 Å². The maximum absolute atomic E-state index is 12.6. The first-order valence-corrected chi connectivity index (χ1v) is 10.2. The van der Waals surface area contributed by atoms with Crippen molar-refractivity contribution >= 4 is 23.2 Å². The largest absolute Gasteiger partial charge is 0.349 e. The molecule has 3 N–H and O–H groups in total. The van der Waals surface area contributed by atoms with E-state index < -0.39 is 6.04 Å². The molecule has 0 bridgehead atoms. The van der Waals surface area contributed by atoms with Crippen molar-refractivity contribution in [2.75, 3.05) is 6.54 Å². The maximum Gasteiger partial charge on any atom is 0.242 e. The minimum absolute atomic E-state index is 0.147. The lowest BCUT2D eigenvalue weighted by Gasteiger charge is -2.30. The molecular weight excluding hydrogens is 372 g/mol. The van der Waals surface area contributed by atoms with E-state index in [9.17, 15) is 9.59 Å². The number of hydrogen-bond donors (Lipinski definition) is 3. The van der Waals surface area contributed by atoms with Gasteiger partial charge in [-0.15, -0.1) is 11.3 Å². The van der Waals surface area contributed by atoms with Crippen LogP contribution in [0, 0.1) is 11.3 Å². The van der Waals surface area contributed by atoms with Crippen LogP contribution in [-0.2, 0) is 16.1 Å². The average Bonchev–Trinajstić information content (AvgIpc) is 3.20. The van der Waals surface area contributed by atoms with Crippen LogP contribution in [0.1, 0.15) is 41.0 Å². The number of thiophene rings is 1. The van der Waals surface area contributed by atoms with Gasteiger partial charge in [0.15, 0.2) is 0 Å². The van der Waals surface area contributed by atoms with Gasteiger partial charge in [0.05, 0.1) is 12.6 Å². The topological polar surface area (TPSA) is 94.0 Å². The summed E-state index contributed by atoms with van der Waals surface area (Å²) in [5, 5.41) is 17.7. The molecule has 6 nitrogen and oxygen atoms in total. The van der Waals surface area contributed by atoms with Gasteiger partial charge in [0.25, 0.3) is 0 Å². The molecule has 7 heteroatoms. The van der Waals surface area contributed by atoms with Crippen LogP contribution in [0.2, 0.25) is 0 Å². The zero-order valence-electron chi connectivity index (χ0n) is 15.8. The second-order valence-corrected chi connectivity index (χ2v) is 8.13. The Morgan fingerprint density at radius 2 is 2.07 bits per heavy atom. The number of carbonyl (C=O) groups excluding carboxylic acids is 2. The molecule has 0 radical (unpaired) electrons. The first-order valence-electron chi connectivity index (χ1n) is 9.42. The van der Waals surface area contributed by atoms with E-state index in [2.05, 4.69) is 34.2 Å². The molecule has 1 saturated heterocycles. The molecule has 1 aromatic carbocycles. The van der Waals surface area contributed by atoms with E-state index in [4.69, 9.17) is 5.26 Å². The third-order valence-electron chi connectivity index (χ3n) is 4.95. The van der Waals surface area contributed by atoms with Crippen molar-refractivity contribution in [3.05, 3.63) is 57.8 Å². The van der Waals surface area contributed by atoms with E-state index in [-0.39, 0.29) is 17.9 Å². The highest BCUT2D eigenvalue weighted by Gasteiger charge is 2.29. The van der Waals surface area contributed by atoms with Gasteiger partial charge in [-0.1, -0.05) is 30.3 Å². The summed E-state index contributed by atoms with van der Waals surface area (Å²) < 4.78 is 0. The van der Waals surface area contributed by atoms with Crippen LogP contribution in [0.4, 0.5) is 0 Å². The summed E-state index contributed by atoms with van der Waals surface area (Å²) in [4.78, 5) is 26.4. The number of nitriles is 1. The summed E-state index contributed by atoms with van der Waals surface area (Å²) in [5.41, 5.74) is 1.25. The molecule has 0 saturated carbocycles. The van der Waals surface area contributed by atoms with Gasteiger partial charge >= 0.3 is 0 Å². The monoisotopic (exact) mass is 396 g/mol. The van der Waals surface area contributed by atoms with Gasteiger partial charge in [0, 0.05) is 4.88 Å². The highest BCUT2D eigenvalue weighted by molar-refractivity contribution is 7.12. The zero-order chi connectivity index (χ0) is 19.9. The van der Waals surface area contributed by atoms with Crippen LogP contribution in [0.3, 0.4) is 0 Å². The molecule has 2 amide bonds. The highest BCUT2D eigenvalue weighted by atomic mass is 32.1. The molecule has 2 heterocycles. The summed E-state index contributed by atoms with van der Waals surface area (Å²) in [6, 6.07) is 14.9. The second kappa shape index (κ2) is 9.49. The number of amides is 2. The Morgan fingerprint density at radius 3 is 2.79 bits per heavy atom. The van der Waals surface area contributed by atoms with Crippen molar-refractivity contribution in [2.24, 2.45) is 0 Å². The SMILES string of the molecule is C[C@H](NC(=O)[C@H]1C[C@@H](c2ccccc2)CCN1)C(=O)NCc1ccc(C#N)s1. The quantitative estimate of drug-likeness (QED) is 0.698. The molecule has 0 unspecified atom stereocenters. The van der Waals surface area contributed by atoms with Crippen molar-refractivity contribution in [2.45, 2.75) is 44.3 Å². The van der Waals surface area contributed by atoms with E-state index in [1.165, 1.54) is 16.9 Å². The Labute approximate surface area is 169 Å². The van der Waals surface area contributed by atoms with Gasteiger partial charge in [0.2, 0.25) is 11.8 Å². The minimum atomic E-state index is -0.623. The fourth-order valence-electron chi connectivity index (χ4n) is 3.39. The van der Waals surface area contributed by atoms with E-state index in [1.807, 2.05) is 24.3 Å². The van der Waals surface area contributed by atoms with Crippen LogP contribution >= 0.6 is 11.3 Å². The Balaban J connectivity index is 1.48. The number of rotatable bonds is 6. The molecule has 0 aliphatic carbocycles. The Bertz CT molecular complexity index is 859. The molecule has 28 heavy (non-hydrogen) atoms. The standard InChI is InChI=1S/C21H24N4O2S/c1-14(20(26)24-13-18-8-7-17(12-22)28-18)25-21(27)19-11-16(9-10-23-19)15-5-3-2-4-6-15/h2-8,14,16,19,23H,9-11,13H2,1H3,(H,24,26)(H,25,27)/t14-,16-,19+/m0/s1. The van der Waals surface area contributed by atoms with E-state index in [1.54, 1.807) is 13.0 Å². The fourth-order valence-corrected chi connectivity index (χ4v) is 4.13. The van der Waals surface area contributed by atoms with Crippen LogP contribution in [0.25, 0.3) is 0 Å². The summed E-state index contributed by atoms with van der Waals surface area (Å²) in [6.07, 6.45) is 1.71. The molecular formula is C21H24N4O2S. The summed E-state index contributed by atoms with van der Waals surface area (Å²) in [7, 11) is 0. The fraction of sp³-hybridized carbons (Fsp3) is 0.381. The van der Waals surface area contributed by atoms with Gasteiger partial charge in [0.1, 0.15) is 17.0 Å². The molecule has 0 spiro atoms. The molecule has 1 aliphatic heterocycles. The summed E-state index contributed by atoms with van der Waals surface area (Å²) >= 11 is 1.35. The molecule has 2 aromatic rings. The molecule has 1 aliphatic rings. The Morgan fingerprint density at radius 1 is 1.29 bits per heavy atom. The first-order chi connectivity index (χ1) is 13.6. The third kappa shape index (κ3) is 5.18. The van der Waals surface area contributed by atoms with E-state index in [0.717, 1.165) is 24.3 Å². The smallest absolute Gasteiger partial charge is 0.242 e. The van der Waals surface area contributed by atoms with Crippen molar-refractivity contribution in [3.63, 3.8) is 0 Å². The maximum atomic E-state index is 12.6. The van der Waals surface area contributed by atoms with E-state index in [0.29, 0.717) is 17.3 Å². The lowest BCUT2D eigenvalue weighted by atomic mass is 9.86. The van der Waals surface area contributed by atoms with Crippen molar-refractivity contribution in [1.29, 1.82) is 5.26 Å². The van der Waals surface area contributed by atoms with E-state index >= 15 is 0 Å². The number of carbonyl (C=O) groups is 2. The molecule has 3 rings (SSSR count). The van der Waals surface area contributed by atoms with Gasteiger partial charge in [-0.3, -0.25) is 9.59 Å². The highest BCUT2D eigenvalue weighted by Crippen LogP contribution is 2.27. The van der Waals surface area contributed by atoms with Crippen LogP contribution < -0.4 is 16.0 Å². The first kappa shape index (κ1) is 20.1. The lowest BCUT2D eigenvalue weighted by Crippen LogP contribution is -2.53. The summed E-state index contributed by atoms with van der Waals surface area (Å²) in [6.45, 7) is 2.81. The molecule has 1 fully saturated rings. The van der Waals surface area contributed by atoms with Crippen LogP contribution in [-0.4, -0.2) is 30.4 Å². The number of piperidine rings is 1. The van der Waals surface area contributed by atoms with Crippen molar-refractivity contribution in [1.82, 2.24) is 16.0 Å². The number of hydrogen-bond acceptors (Lipinski definition) is 5. The van der Waals surface area contributed by atoms with Crippen LogP contribution in [0.5, 0.6) is 0 Å². The number of nitrogens with zero attached hydrogens (tertiary/aromatic N) is 1. The second-order valence-electron chi connectivity index (χ2n) is 6.96. The number of nitrogens with one attached hydrogen (secondary N) is 3. The Kier molecular flexibility index (Phi) is 6.80. The Hall–Kier alpha value is -2.69. The summed E-state index contributed by atoms with van der Waals surface area (Å²) in [5.74, 6) is -0.0441. The molecule has 146 valence electrons. The van der Waals surface area contributed by atoms with Gasteiger partial charge < -0.3 is 16.0 Å². The average molecular weight is 397 g/mol. The normalized spacial score (nSPS) is 20.0. The predicted molar refractivity (Wildman–Crippen MR) is 109 cm³/mol. The minimum Gasteiger partial charge on any atom is -0.349 e.